The first kappa shape index (κ1) is 32.7. The minimum absolute atomic E-state index is 0.0120. The molecule has 1 saturated carbocycles. The number of carbonyl (C=O) groups is 3. The zero-order valence-corrected chi connectivity index (χ0v) is 27.3. The molecule has 11 nitrogen and oxygen atoms in total. The van der Waals surface area contributed by atoms with E-state index >= 15 is 0 Å². The summed E-state index contributed by atoms with van der Waals surface area (Å²) in [5.41, 5.74) is 1.98. The van der Waals surface area contributed by atoms with Crippen molar-refractivity contribution in [1.82, 2.24) is 15.2 Å². The summed E-state index contributed by atoms with van der Waals surface area (Å²) >= 11 is 0. The van der Waals surface area contributed by atoms with Gasteiger partial charge in [-0.3, -0.25) is 5.32 Å². The number of hydrogen-bond acceptors (Lipinski definition) is 6. The first-order valence-corrected chi connectivity index (χ1v) is 15.9. The Morgan fingerprint density at radius 2 is 1.74 bits per heavy atom. The zero-order chi connectivity index (χ0) is 33.1. The number of aliphatic carboxylic acids is 1. The molecule has 3 amide bonds. The van der Waals surface area contributed by atoms with Gasteiger partial charge < -0.3 is 34.7 Å². The van der Waals surface area contributed by atoms with Gasteiger partial charge in [-0.2, -0.15) is 0 Å². The average molecular weight is 632 g/mol. The van der Waals surface area contributed by atoms with E-state index in [1.807, 2.05) is 80.4 Å². The van der Waals surface area contributed by atoms with E-state index in [9.17, 15) is 19.5 Å². The molecule has 0 unspecified atom stereocenters. The predicted molar refractivity (Wildman–Crippen MR) is 177 cm³/mol. The first-order chi connectivity index (χ1) is 21.8. The van der Waals surface area contributed by atoms with Crippen LogP contribution in [0.5, 0.6) is 5.75 Å². The number of urea groups is 1. The highest BCUT2D eigenvalue weighted by Crippen LogP contribution is 2.31. The molecule has 1 atom stereocenters. The monoisotopic (exact) mass is 631 g/mol. The van der Waals surface area contributed by atoms with E-state index in [4.69, 9.17) is 9.47 Å². The first-order valence-electron chi connectivity index (χ1n) is 15.9. The van der Waals surface area contributed by atoms with E-state index in [1.54, 1.807) is 6.07 Å². The number of rotatable bonds is 10. The summed E-state index contributed by atoms with van der Waals surface area (Å²) in [6, 6.07) is 17.6. The number of carboxylic acids is 1. The van der Waals surface area contributed by atoms with Gasteiger partial charge in [0.2, 0.25) is 0 Å². The molecule has 5 rings (SSSR count). The molecule has 0 spiro atoms. The lowest BCUT2D eigenvalue weighted by atomic mass is 10.0. The number of hydrogen-bond donors (Lipinski definition) is 4. The highest BCUT2D eigenvalue weighted by atomic mass is 16.6. The lowest BCUT2D eigenvalue weighted by Crippen LogP contribution is -2.52. The summed E-state index contributed by atoms with van der Waals surface area (Å²) in [6.45, 7) is 10.5. The van der Waals surface area contributed by atoms with Crippen LogP contribution in [0.3, 0.4) is 0 Å². The number of benzene rings is 2. The number of ether oxygens (including phenoxy) is 2. The van der Waals surface area contributed by atoms with E-state index < -0.39 is 23.3 Å². The molecule has 3 aromatic rings. The third-order valence-electron chi connectivity index (χ3n) is 8.03. The highest BCUT2D eigenvalue weighted by molar-refractivity contribution is 5.85. The normalized spacial score (nSPS) is 16.8. The lowest BCUT2D eigenvalue weighted by molar-refractivity contribution is -0.152. The largest absolute Gasteiger partial charge is 0.478 e. The number of anilines is 2. The van der Waals surface area contributed by atoms with E-state index in [1.165, 1.54) is 13.8 Å². The van der Waals surface area contributed by atoms with Gasteiger partial charge in [-0.1, -0.05) is 30.3 Å². The van der Waals surface area contributed by atoms with Gasteiger partial charge in [-0.05, 0) is 89.6 Å². The number of piperidine rings is 1. The van der Waals surface area contributed by atoms with Crippen LogP contribution < -0.4 is 20.3 Å². The van der Waals surface area contributed by atoms with E-state index in [0.717, 1.165) is 54.6 Å². The van der Waals surface area contributed by atoms with Crippen molar-refractivity contribution >= 4 is 29.6 Å². The molecule has 1 aliphatic heterocycles. The average Bonchev–Trinajstić information content (AvgIpc) is 3.72. The van der Waals surface area contributed by atoms with Crippen LogP contribution in [0.1, 0.15) is 65.9 Å². The predicted octanol–water partition coefficient (Wildman–Crippen LogP) is 6.61. The summed E-state index contributed by atoms with van der Waals surface area (Å²) in [7, 11) is 0. The Labute approximate surface area is 270 Å². The van der Waals surface area contributed by atoms with Crippen LogP contribution in [0, 0.1) is 0 Å². The van der Waals surface area contributed by atoms with Crippen molar-refractivity contribution in [3.8, 4) is 16.9 Å². The Bertz CT molecular complexity index is 1540. The van der Waals surface area contributed by atoms with Gasteiger partial charge >= 0.3 is 18.1 Å². The van der Waals surface area contributed by atoms with E-state index in [-0.39, 0.29) is 18.1 Å². The van der Waals surface area contributed by atoms with Crippen molar-refractivity contribution in [3.63, 3.8) is 0 Å². The summed E-state index contributed by atoms with van der Waals surface area (Å²) in [5.74, 6) is 0.0181. The van der Waals surface area contributed by atoms with Gasteiger partial charge in [0.1, 0.15) is 17.2 Å². The lowest BCUT2D eigenvalue weighted by Gasteiger charge is -2.36. The Balaban J connectivity index is 1.17. The molecule has 2 aromatic carbocycles. The van der Waals surface area contributed by atoms with Gasteiger partial charge in [-0.25, -0.2) is 14.4 Å². The minimum Gasteiger partial charge on any atom is -0.478 e. The maximum absolute atomic E-state index is 13.6. The second-order valence-corrected chi connectivity index (χ2v) is 13.6. The van der Waals surface area contributed by atoms with E-state index in [0.29, 0.717) is 24.7 Å². The van der Waals surface area contributed by atoms with Crippen LogP contribution in [0.2, 0.25) is 0 Å². The molecule has 2 heterocycles. The summed E-state index contributed by atoms with van der Waals surface area (Å²) in [6.07, 6.45) is 5.13. The maximum atomic E-state index is 13.6. The van der Waals surface area contributed by atoms with Crippen molar-refractivity contribution in [3.05, 3.63) is 66.4 Å². The van der Waals surface area contributed by atoms with Crippen molar-refractivity contribution in [2.75, 3.05) is 23.3 Å². The van der Waals surface area contributed by atoms with Crippen LogP contribution in [0.4, 0.5) is 21.1 Å². The Morgan fingerprint density at radius 3 is 2.41 bits per heavy atom. The second-order valence-electron chi connectivity index (χ2n) is 13.6. The summed E-state index contributed by atoms with van der Waals surface area (Å²) in [5, 5.41) is 15.4. The highest BCUT2D eigenvalue weighted by Gasteiger charge is 2.34. The molecular formula is C35H45N5O6. The van der Waals surface area contributed by atoms with Crippen LogP contribution in [-0.2, 0) is 16.1 Å². The number of nitrogens with one attached hydrogen (secondary N) is 3. The summed E-state index contributed by atoms with van der Waals surface area (Å²) in [4.78, 5) is 44.4. The molecule has 0 radical (unpaired) electrons. The van der Waals surface area contributed by atoms with Crippen molar-refractivity contribution in [1.29, 1.82) is 0 Å². The smallest absolute Gasteiger partial charge is 0.413 e. The molecule has 1 aromatic heterocycles. The number of carboxylic acid groups (broad SMARTS) is 1. The third kappa shape index (κ3) is 8.74. The van der Waals surface area contributed by atoms with Crippen molar-refractivity contribution in [2.24, 2.45) is 0 Å². The molecule has 1 aliphatic carbocycles. The van der Waals surface area contributed by atoms with Gasteiger partial charge in [0.05, 0.1) is 0 Å². The van der Waals surface area contributed by atoms with Gasteiger partial charge in [-0.15, -0.1) is 0 Å². The standard InChI is InChI=1S/C35H45N5O6/c1-34(2,3)46-33(44)38-30-18-25(20-36-30)24-13-11-23(12-14-24)21-40(27-15-16-27)32(43)37-26-8-7-17-39(22-26)28-9-6-10-29(19-28)45-35(4,5)31(41)42/h6,9-14,18-20,26-27,36H,7-8,15-17,21-22H2,1-5H3,(H,37,43)(H,38,44)(H,41,42)/t26-/m1/s1. The number of aromatic amines is 1. The third-order valence-corrected chi connectivity index (χ3v) is 8.03. The van der Waals surface area contributed by atoms with Crippen LogP contribution >= 0.6 is 0 Å². The van der Waals surface area contributed by atoms with Gasteiger partial charge in [0.15, 0.2) is 5.60 Å². The molecule has 246 valence electrons. The van der Waals surface area contributed by atoms with Crippen LogP contribution in [-0.4, -0.2) is 69.5 Å². The van der Waals surface area contributed by atoms with Crippen LogP contribution in [0.25, 0.3) is 11.1 Å². The topological polar surface area (TPSA) is 136 Å². The molecule has 1 saturated heterocycles. The number of carbonyl (C=O) groups excluding carboxylic acids is 2. The molecule has 11 heteroatoms. The number of H-pyrrole nitrogens is 1. The Hall–Kier alpha value is -4.67. The number of aromatic nitrogens is 1. The fourth-order valence-electron chi connectivity index (χ4n) is 5.47. The number of nitrogens with zero attached hydrogens (tertiary/aromatic N) is 2. The van der Waals surface area contributed by atoms with Crippen LogP contribution in [0.15, 0.2) is 60.8 Å². The quantitative estimate of drug-likeness (QED) is 0.198. The van der Waals surface area contributed by atoms with Gasteiger partial charge in [0, 0.05) is 55.2 Å². The van der Waals surface area contributed by atoms with Crippen molar-refractivity contribution < 1.29 is 29.0 Å². The minimum atomic E-state index is -1.34. The maximum Gasteiger partial charge on any atom is 0.413 e. The molecule has 46 heavy (non-hydrogen) atoms. The molecule has 2 fully saturated rings. The number of amides is 3. The van der Waals surface area contributed by atoms with E-state index in [2.05, 4.69) is 20.5 Å². The molecular weight excluding hydrogens is 586 g/mol. The fourth-order valence-corrected chi connectivity index (χ4v) is 5.47. The molecule has 0 bridgehead atoms. The fraction of sp³-hybridized carbons (Fsp3) is 0.457. The zero-order valence-electron chi connectivity index (χ0n) is 27.3. The Kier molecular flexibility index (Phi) is 9.50. The molecule has 2 aliphatic rings. The molecule has 4 N–H and O–H groups in total. The van der Waals surface area contributed by atoms with Gasteiger partial charge in [0.25, 0.3) is 0 Å². The Morgan fingerprint density at radius 1 is 1.00 bits per heavy atom. The SMILES string of the molecule is CC(C)(C)OC(=O)Nc1cc(-c2ccc(CN(C(=O)N[C@@H]3CCCN(c4cccc(OC(C)(C)C(=O)O)c4)C3)C3CC3)cc2)c[nH]1. The second kappa shape index (κ2) is 13.4. The van der Waals surface area contributed by atoms with Crippen molar-refractivity contribution in [2.45, 2.75) is 90.1 Å². The summed E-state index contributed by atoms with van der Waals surface area (Å²) < 4.78 is 11.1.